The summed E-state index contributed by atoms with van der Waals surface area (Å²) in [5.41, 5.74) is 6.48. The van der Waals surface area contributed by atoms with Gasteiger partial charge in [-0.05, 0) is 31.9 Å². The molecule has 2 unspecified atom stereocenters. The van der Waals surface area contributed by atoms with Gasteiger partial charge in [-0.2, -0.15) is 0 Å². The number of carboxylic acids is 1. The van der Waals surface area contributed by atoms with Gasteiger partial charge in [0.25, 0.3) is 0 Å². The molecule has 0 spiro atoms. The molecule has 1 saturated carbocycles. The lowest BCUT2D eigenvalue weighted by molar-refractivity contribution is -0.136. The molecule has 1 fully saturated rings. The van der Waals surface area contributed by atoms with E-state index in [0.717, 1.165) is 19.3 Å². The number of hydrogen-bond acceptors (Lipinski definition) is 4. The number of carbonyl (C=O) groups excluding carboxylic acids is 1. The van der Waals surface area contributed by atoms with Crippen molar-refractivity contribution in [2.75, 3.05) is 5.32 Å². The summed E-state index contributed by atoms with van der Waals surface area (Å²) in [6.45, 7) is 1.88. The summed E-state index contributed by atoms with van der Waals surface area (Å²) in [4.78, 5) is 26.9. The fourth-order valence-electron chi connectivity index (χ4n) is 2.51. The number of pyridine rings is 1. The van der Waals surface area contributed by atoms with Crippen LogP contribution in [0.4, 0.5) is 5.69 Å². The Morgan fingerprint density at radius 3 is 2.80 bits per heavy atom. The highest BCUT2D eigenvalue weighted by molar-refractivity contribution is 5.95. The molecule has 2 rings (SSSR count). The largest absolute Gasteiger partial charge is 0.481 e. The molecule has 6 heteroatoms. The molecule has 1 heterocycles. The van der Waals surface area contributed by atoms with E-state index in [1.54, 1.807) is 12.1 Å². The fourth-order valence-corrected chi connectivity index (χ4v) is 2.51. The standard InChI is InChI=1S/C14H19N3O3/c1-14(6-2-3-11(14)15)13(20)17-10-5-4-9(16-8-10)7-12(18)19/h4-5,8,11H,2-3,6-7,15H2,1H3,(H,17,20)(H,18,19). The third-order valence-electron chi connectivity index (χ3n) is 3.96. The SMILES string of the molecule is CC1(C(=O)Nc2ccc(CC(=O)O)nc2)CCCC1N. The number of nitrogens with zero attached hydrogens (tertiary/aromatic N) is 1. The molecule has 1 aromatic rings. The molecule has 108 valence electrons. The third-order valence-corrected chi connectivity index (χ3v) is 3.96. The number of carbonyl (C=O) groups is 2. The van der Waals surface area contributed by atoms with Gasteiger partial charge in [0.1, 0.15) is 0 Å². The van der Waals surface area contributed by atoms with Gasteiger partial charge in [0.05, 0.1) is 29.4 Å². The molecule has 2 atom stereocenters. The second-order valence-electron chi connectivity index (χ2n) is 5.48. The summed E-state index contributed by atoms with van der Waals surface area (Å²) in [6, 6.07) is 3.13. The van der Waals surface area contributed by atoms with Gasteiger partial charge in [0.2, 0.25) is 5.91 Å². The third kappa shape index (κ3) is 2.96. The summed E-state index contributed by atoms with van der Waals surface area (Å²) >= 11 is 0. The molecule has 1 aromatic heterocycles. The van der Waals surface area contributed by atoms with Crippen LogP contribution in [0, 0.1) is 5.41 Å². The Kier molecular flexibility index (Phi) is 4.04. The van der Waals surface area contributed by atoms with Gasteiger partial charge in [0.15, 0.2) is 0 Å². The van der Waals surface area contributed by atoms with Crippen molar-refractivity contribution in [3.63, 3.8) is 0 Å². The number of aliphatic carboxylic acids is 1. The van der Waals surface area contributed by atoms with Crippen LogP contribution in [0.1, 0.15) is 31.9 Å². The zero-order valence-electron chi connectivity index (χ0n) is 11.4. The Bertz CT molecular complexity index is 515. The molecular weight excluding hydrogens is 258 g/mol. The van der Waals surface area contributed by atoms with Gasteiger partial charge in [-0.3, -0.25) is 14.6 Å². The fraction of sp³-hybridized carbons (Fsp3) is 0.500. The molecule has 0 saturated heterocycles. The van der Waals surface area contributed by atoms with Crippen LogP contribution in [0.5, 0.6) is 0 Å². The van der Waals surface area contributed by atoms with E-state index in [1.165, 1.54) is 6.20 Å². The molecular formula is C14H19N3O3. The van der Waals surface area contributed by atoms with E-state index in [9.17, 15) is 9.59 Å². The van der Waals surface area contributed by atoms with Crippen LogP contribution in [0.3, 0.4) is 0 Å². The molecule has 0 radical (unpaired) electrons. The van der Waals surface area contributed by atoms with Crippen LogP contribution in [0.2, 0.25) is 0 Å². The van der Waals surface area contributed by atoms with Gasteiger partial charge in [0, 0.05) is 6.04 Å². The highest BCUT2D eigenvalue weighted by Crippen LogP contribution is 2.37. The van der Waals surface area contributed by atoms with Crippen molar-refractivity contribution in [2.45, 2.75) is 38.6 Å². The molecule has 1 aliphatic rings. The van der Waals surface area contributed by atoms with Crippen molar-refractivity contribution >= 4 is 17.6 Å². The summed E-state index contributed by atoms with van der Waals surface area (Å²) in [7, 11) is 0. The number of rotatable bonds is 4. The number of anilines is 1. The van der Waals surface area contributed by atoms with Crippen LogP contribution in [0.25, 0.3) is 0 Å². The van der Waals surface area contributed by atoms with Crippen LogP contribution in [0.15, 0.2) is 18.3 Å². The number of aromatic nitrogens is 1. The lowest BCUT2D eigenvalue weighted by Gasteiger charge is -2.27. The number of hydrogen-bond donors (Lipinski definition) is 3. The van der Waals surface area contributed by atoms with Gasteiger partial charge < -0.3 is 16.2 Å². The van der Waals surface area contributed by atoms with Gasteiger partial charge in [-0.1, -0.05) is 6.42 Å². The lowest BCUT2D eigenvalue weighted by Crippen LogP contribution is -2.44. The minimum absolute atomic E-state index is 0.102. The molecule has 0 aliphatic heterocycles. The number of carboxylic acid groups (broad SMARTS) is 1. The van der Waals surface area contributed by atoms with Crippen molar-refractivity contribution in [1.29, 1.82) is 0 Å². The first kappa shape index (κ1) is 14.5. The van der Waals surface area contributed by atoms with Crippen molar-refractivity contribution in [3.05, 3.63) is 24.0 Å². The molecule has 0 bridgehead atoms. The smallest absolute Gasteiger partial charge is 0.309 e. The summed E-state index contributed by atoms with van der Waals surface area (Å²) < 4.78 is 0. The molecule has 1 aliphatic carbocycles. The summed E-state index contributed by atoms with van der Waals surface area (Å²) in [5.74, 6) is -1.03. The summed E-state index contributed by atoms with van der Waals surface area (Å²) in [5, 5.41) is 11.5. The van der Waals surface area contributed by atoms with E-state index in [-0.39, 0.29) is 18.4 Å². The minimum Gasteiger partial charge on any atom is -0.481 e. The van der Waals surface area contributed by atoms with E-state index < -0.39 is 11.4 Å². The molecule has 20 heavy (non-hydrogen) atoms. The van der Waals surface area contributed by atoms with Gasteiger partial charge >= 0.3 is 5.97 Å². The molecule has 0 aromatic carbocycles. The van der Waals surface area contributed by atoms with Crippen molar-refractivity contribution in [1.82, 2.24) is 4.98 Å². The van der Waals surface area contributed by atoms with E-state index in [1.807, 2.05) is 6.92 Å². The minimum atomic E-state index is -0.932. The molecule has 4 N–H and O–H groups in total. The van der Waals surface area contributed by atoms with Crippen molar-refractivity contribution < 1.29 is 14.7 Å². The zero-order valence-corrected chi connectivity index (χ0v) is 11.4. The Labute approximate surface area is 117 Å². The normalized spacial score (nSPS) is 25.4. The highest BCUT2D eigenvalue weighted by Gasteiger charge is 2.42. The Hall–Kier alpha value is -1.95. The molecule has 1 amide bonds. The number of nitrogens with one attached hydrogen (secondary N) is 1. The predicted molar refractivity (Wildman–Crippen MR) is 74.1 cm³/mol. The van der Waals surface area contributed by atoms with Gasteiger partial charge in [-0.25, -0.2) is 0 Å². The van der Waals surface area contributed by atoms with Crippen molar-refractivity contribution in [2.24, 2.45) is 11.1 Å². The highest BCUT2D eigenvalue weighted by atomic mass is 16.4. The first-order valence-electron chi connectivity index (χ1n) is 6.65. The average molecular weight is 277 g/mol. The van der Waals surface area contributed by atoms with E-state index >= 15 is 0 Å². The van der Waals surface area contributed by atoms with Crippen LogP contribution in [-0.4, -0.2) is 28.0 Å². The van der Waals surface area contributed by atoms with E-state index in [2.05, 4.69) is 10.3 Å². The first-order valence-corrected chi connectivity index (χ1v) is 6.65. The second-order valence-corrected chi connectivity index (χ2v) is 5.48. The van der Waals surface area contributed by atoms with Crippen LogP contribution >= 0.6 is 0 Å². The van der Waals surface area contributed by atoms with Crippen molar-refractivity contribution in [3.8, 4) is 0 Å². The zero-order chi connectivity index (χ0) is 14.8. The Balaban J connectivity index is 2.03. The van der Waals surface area contributed by atoms with Crippen LogP contribution < -0.4 is 11.1 Å². The van der Waals surface area contributed by atoms with E-state index in [0.29, 0.717) is 11.4 Å². The summed E-state index contributed by atoms with van der Waals surface area (Å²) in [6.07, 6.45) is 3.95. The van der Waals surface area contributed by atoms with E-state index in [4.69, 9.17) is 10.8 Å². The first-order chi connectivity index (χ1) is 9.41. The quantitative estimate of drug-likeness (QED) is 0.766. The monoisotopic (exact) mass is 277 g/mol. The maximum atomic E-state index is 12.3. The Morgan fingerprint density at radius 1 is 1.55 bits per heavy atom. The maximum absolute atomic E-state index is 12.3. The molecule has 6 nitrogen and oxygen atoms in total. The lowest BCUT2D eigenvalue weighted by atomic mass is 9.84. The Morgan fingerprint density at radius 2 is 2.30 bits per heavy atom. The van der Waals surface area contributed by atoms with Gasteiger partial charge in [-0.15, -0.1) is 0 Å². The topological polar surface area (TPSA) is 105 Å². The van der Waals surface area contributed by atoms with Crippen LogP contribution in [-0.2, 0) is 16.0 Å². The number of nitrogens with two attached hydrogens (primary N) is 1. The predicted octanol–water partition coefficient (Wildman–Crippen LogP) is 1.16. The number of amides is 1. The average Bonchev–Trinajstić information content (AvgIpc) is 2.73. The maximum Gasteiger partial charge on any atom is 0.309 e. The second kappa shape index (κ2) is 5.58.